The molecule has 2 N–H and O–H groups in total. The summed E-state index contributed by atoms with van der Waals surface area (Å²) in [6.45, 7) is 0.179. The molecule has 0 fully saturated rings. The first kappa shape index (κ1) is 19.3. The molecule has 0 unspecified atom stereocenters. The van der Waals surface area contributed by atoms with E-state index in [2.05, 4.69) is 10.6 Å². The van der Waals surface area contributed by atoms with Gasteiger partial charge in [-0.2, -0.15) is 18.4 Å². The lowest BCUT2D eigenvalue weighted by molar-refractivity contribution is -0.137. The summed E-state index contributed by atoms with van der Waals surface area (Å²) >= 11 is 5.77. The number of rotatable bonds is 5. The van der Waals surface area contributed by atoms with Gasteiger partial charge < -0.3 is 10.6 Å². The number of carbonyl (C=O) groups is 1. The SMILES string of the molecule is N#C/C(=C/Nc1cccc(C(F)(F)F)c1)C(=O)NCc1ccc(Cl)cc1. The molecule has 0 saturated heterocycles. The van der Waals surface area contributed by atoms with Crippen LogP contribution < -0.4 is 10.6 Å². The third-order valence-corrected chi connectivity index (χ3v) is 3.56. The zero-order valence-electron chi connectivity index (χ0n) is 13.3. The van der Waals surface area contributed by atoms with E-state index < -0.39 is 17.6 Å². The molecule has 2 aromatic rings. The smallest absolute Gasteiger partial charge is 0.360 e. The average Bonchev–Trinajstić information content (AvgIpc) is 2.61. The van der Waals surface area contributed by atoms with Crippen LogP contribution in [0.2, 0.25) is 5.02 Å². The summed E-state index contributed by atoms with van der Waals surface area (Å²) in [5.74, 6) is -0.651. The van der Waals surface area contributed by atoms with E-state index in [9.17, 15) is 18.0 Å². The van der Waals surface area contributed by atoms with E-state index in [-0.39, 0.29) is 17.8 Å². The van der Waals surface area contributed by atoms with Gasteiger partial charge in [0.2, 0.25) is 0 Å². The van der Waals surface area contributed by atoms with E-state index in [0.29, 0.717) is 5.02 Å². The van der Waals surface area contributed by atoms with Crippen LogP contribution in [0.25, 0.3) is 0 Å². The van der Waals surface area contributed by atoms with Crippen LogP contribution in [0.3, 0.4) is 0 Å². The number of carbonyl (C=O) groups excluding carboxylic acids is 1. The fourth-order valence-corrected chi connectivity index (χ4v) is 2.10. The van der Waals surface area contributed by atoms with E-state index in [1.54, 1.807) is 30.3 Å². The van der Waals surface area contributed by atoms with Crippen molar-refractivity contribution in [1.82, 2.24) is 5.32 Å². The van der Waals surface area contributed by atoms with Crippen molar-refractivity contribution in [2.24, 2.45) is 0 Å². The van der Waals surface area contributed by atoms with Gasteiger partial charge in [-0.25, -0.2) is 0 Å². The van der Waals surface area contributed by atoms with Gasteiger partial charge in [0.1, 0.15) is 11.6 Å². The molecule has 26 heavy (non-hydrogen) atoms. The van der Waals surface area contributed by atoms with Crippen molar-refractivity contribution in [1.29, 1.82) is 5.26 Å². The van der Waals surface area contributed by atoms with Gasteiger partial charge in [0, 0.05) is 23.5 Å². The van der Waals surface area contributed by atoms with Crippen molar-refractivity contribution >= 4 is 23.2 Å². The summed E-state index contributed by atoms with van der Waals surface area (Å²) in [7, 11) is 0. The summed E-state index contributed by atoms with van der Waals surface area (Å²) in [6, 6.07) is 12.9. The molecule has 2 aromatic carbocycles. The molecule has 0 bridgehead atoms. The quantitative estimate of drug-likeness (QED) is 0.594. The van der Waals surface area contributed by atoms with E-state index in [1.807, 2.05) is 0 Å². The Morgan fingerprint density at radius 2 is 1.88 bits per heavy atom. The van der Waals surface area contributed by atoms with Gasteiger partial charge in [-0.15, -0.1) is 0 Å². The van der Waals surface area contributed by atoms with Crippen molar-refractivity contribution in [3.63, 3.8) is 0 Å². The lowest BCUT2D eigenvalue weighted by Crippen LogP contribution is -2.24. The number of anilines is 1. The van der Waals surface area contributed by atoms with Crippen molar-refractivity contribution in [2.45, 2.75) is 12.7 Å². The van der Waals surface area contributed by atoms with Crippen LogP contribution in [0.5, 0.6) is 0 Å². The summed E-state index contributed by atoms with van der Waals surface area (Å²) in [5.41, 5.74) is -0.207. The molecule has 1 amide bonds. The van der Waals surface area contributed by atoms with Crippen molar-refractivity contribution in [3.8, 4) is 6.07 Å². The van der Waals surface area contributed by atoms with Crippen molar-refractivity contribution < 1.29 is 18.0 Å². The Morgan fingerprint density at radius 3 is 2.50 bits per heavy atom. The third-order valence-electron chi connectivity index (χ3n) is 3.30. The Kier molecular flexibility index (Phi) is 6.26. The Bertz CT molecular complexity index is 855. The van der Waals surface area contributed by atoms with Crippen LogP contribution in [0.1, 0.15) is 11.1 Å². The predicted octanol–water partition coefficient (Wildman–Crippen LogP) is 4.49. The maximum Gasteiger partial charge on any atom is 0.416 e. The van der Waals surface area contributed by atoms with Gasteiger partial charge in [0.05, 0.1) is 5.56 Å². The summed E-state index contributed by atoms with van der Waals surface area (Å²) in [6.07, 6.45) is -3.41. The fraction of sp³-hybridized carbons (Fsp3) is 0.111. The fourth-order valence-electron chi connectivity index (χ4n) is 1.97. The molecular formula is C18H13ClF3N3O. The summed E-state index contributed by atoms with van der Waals surface area (Å²) in [4.78, 5) is 12.0. The highest BCUT2D eigenvalue weighted by Gasteiger charge is 2.30. The van der Waals surface area contributed by atoms with Crippen molar-refractivity contribution in [2.75, 3.05) is 5.32 Å². The minimum absolute atomic E-state index is 0.109. The van der Waals surface area contributed by atoms with Crippen LogP contribution >= 0.6 is 11.6 Å². The number of nitrogens with one attached hydrogen (secondary N) is 2. The second-order valence-electron chi connectivity index (χ2n) is 5.20. The number of nitriles is 1. The summed E-state index contributed by atoms with van der Waals surface area (Å²) in [5, 5.41) is 14.7. The first-order valence-corrected chi connectivity index (χ1v) is 7.74. The molecule has 0 aliphatic carbocycles. The Balaban J connectivity index is 2.02. The maximum atomic E-state index is 12.7. The molecule has 0 saturated carbocycles. The number of hydrogen-bond donors (Lipinski definition) is 2. The second-order valence-corrected chi connectivity index (χ2v) is 5.64. The van der Waals surface area contributed by atoms with E-state index in [4.69, 9.17) is 16.9 Å². The number of alkyl halides is 3. The van der Waals surface area contributed by atoms with Crippen LogP contribution in [0, 0.1) is 11.3 Å². The molecule has 0 aromatic heterocycles. The molecule has 0 spiro atoms. The maximum absolute atomic E-state index is 12.7. The molecule has 4 nitrogen and oxygen atoms in total. The predicted molar refractivity (Wildman–Crippen MR) is 92.1 cm³/mol. The Labute approximate surface area is 152 Å². The van der Waals surface area contributed by atoms with Gasteiger partial charge in [-0.3, -0.25) is 4.79 Å². The molecule has 2 rings (SSSR count). The molecule has 134 valence electrons. The minimum atomic E-state index is -4.48. The normalized spacial score (nSPS) is 11.6. The molecular weight excluding hydrogens is 367 g/mol. The largest absolute Gasteiger partial charge is 0.416 e. The zero-order valence-corrected chi connectivity index (χ0v) is 14.0. The van der Waals surface area contributed by atoms with Gasteiger partial charge in [0.25, 0.3) is 5.91 Å². The van der Waals surface area contributed by atoms with Gasteiger partial charge >= 0.3 is 6.18 Å². The van der Waals surface area contributed by atoms with E-state index in [1.165, 1.54) is 12.1 Å². The van der Waals surface area contributed by atoms with Crippen LogP contribution in [-0.4, -0.2) is 5.91 Å². The van der Waals surface area contributed by atoms with Crippen molar-refractivity contribution in [3.05, 3.63) is 76.5 Å². The number of halogens is 4. The highest BCUT2D eigenvalue weighted by atomic mass is 35.5. The first-order valence-electron chi connectivity index (χ1n) is 7.36. The number of hydrogen-bond acceptors (Lipinski definition) is 3. The highest BCUT2D eigenvalue weighted by molar-refractivity contribution is 6.30. The highest BCUT2D eigenvalue weighted by Crippen LogP contribution is 2.30. The number of amides is 1. The minimum Gasteiger partial charge on any atom is -0.360 e. The van der Waals surface area contributed by atoms with Gasteiger partial charge in [-0.1, -0.05) is 29.8 Å². The lowest BCUT2D eigenvalue weighted by Gasteiger charge is -2.09. The molecule has 0 aliphatic heterocycles. The molecule has 8 heteroatoms. The zero-order chi connectivity index (χ0) is 19.2. The summed E-state index contributed by atoms with van der Waals surface area (Å²) < 4.78 is 38.0. The third kappa shape index (κ3) is 5.53. The topological polar surface area (TPSA) is 64.9 Å². The standard InChI is InChI=1S/C18H13ClF3N3O/c19-15-6-4-12(5-7-15)10-25-17(26)13(9-23)11-24-16-3-1-2-14(8-16)18(20,21)22/h1-8,11,24H,10H2,(H,25,26)/b13-11-. The van der Waals surface area contributed by atoms with E-state index in [0.717, 1.165) is 23.9 Å². The lowest BCUT2D eigenvalue weighted by atomic mass is 10.2. The van der Waals surface area contributed by atoms with Crippen LogP contribution in [-0.2, 0) is 17.5 Å². The monoisotopic (exact) mass is 379 g/mol. The molecule has 0 radical (unpaired) electrons. The number of benzene rings is 2. The number of nitrogens with zero attached hydrogens (tertiary/aromatic N) is 1. The molecule has 0 aliphatic rings. The van der Waals surface area contributed by atoms with Crippen LogP contribution in [0.15, 0.2) is 60.3 Å². The first-order chi connectivity index (χ1) is 12.3. The molecule has 0 atom stereocenters. The van der Waals surface area contributed by atoms with Gasteiger partial charge in [0.15, 0.2) is 0 Å². The molecule has 0 heterocycles. The average molecular weight is 380 g/mol. The Morgan fingerprint density at radius 1 is 1.19 bits per heavy atom. The van der Waals surface area contributed by atoms with Crippen LogP contribution in [0.4, 0.5) is 18.9 Å². The second kappa shape index (κ2) is 8.41. The Hall–Kier alpha value is -2.98. The van der Waals surface area contributed by atoms with E-state index >= 15 is 0 Å². The van der Waals surface area contributed by atoms with Gasteiger partial charge in [-0.05, 0) is 35.9 Å².